The Bertz CT molecular complexity index is 923. The lowest BCUT2D eigenvalue weighted by Gasteiger charge is -2.33. The molecule has 1 aliphatic carbocycles. The Morgan fingerprint density at radius 1 is 1.43 bits per heavy atom. The summed E-state index contributed by atoms with van der Waals surface area (Å²) in [6, 6.07) is 5.42. The molecule has 6 nitrogen and oxygen atoms in total. The van der Waals surface area contributed by atoms with Gasteiger partial charge in [0.05, 0.1) is 11.1 Å². The minimum atomic E-state index is -0.609. The average molecular weight is 398 g/mol. The predicted octanol–water partition coefficient (Wildman–Crippen LogP) is 3.96. The first-order valence-corrected chi connectivity index (χ1v) is 10.0. The number of carbonyl (C=O) groups is 2. The van der Waals surface area contributed by atoms with E-state index in [4.69, 9.17) is 4.74 Å². The minimum absolute atomic E-state index is 0.207. The molecule has 0 unspecified atom stereocenters. The van der Waals surface area contributed by atoms with E-state index in [1.54, 1.807) is 18.3 Å². The number of nitrogens with one attached hydrogen (secondary N) is 1. The molecular weight excluding hydrogens is 374 g/mol. The Labute approximate surface area is 168 Å². The maximum Gasteiger partial charge on any atom is 0.340 e. The molecule has 0 saturated heterocycles. The number of ether oxygens (including phenoxy) is 1. The molecular formula is C21H23N3O3S. The zero-order valence-electron chi connectivity index (χ0n) is 16.2. The lowest BCUT2D eigenvalue weighted by atomic mass is 9.72. The van der Waals surface area contributed by atoms with E-state index in [9.17, 15) is 14.9 Å². The summed E-state index contributed by atoms with van der Waals surface area (Å²) in [6.07, 6.45) is 5.74. The molecule has 0 fully saturated rings. The van der Waals surface area contributed by atoms with Gasteiger partial charge in [-0.1, -0.05) is 20.8 Å². The Morgan fingerprint density at radius 2 is 2.21 bits per heavy atom. The van der Waals surface area contributed by atoms with E-state index in [2.05, 4.69) is 37.1 Å². The summed E-state index contributed by atoms with van der Waals surface area (Å²) < 4.78 is 5.03. The third-order valence-corrected chi connectivity index (χ3v) is 6.26. The highest BCUT2D eigenvalue weighted by Gasteiger charge is 2.32. The van der Waals surface area contributed by atoms with E-state index in [-0.39, 0.29) is 11.0 Å². The van der Waals surface area contributed by atoms with Crippen LogP contribution in [0.4, 0.5) is 5.00 Å². The van der Waals surface area contributed by atoms with Crippen molar-refractivity contribution in [2.24, 2.45) is 11.3 Å². The molecule has 0 saturated carbocycles. The molecule has 1 N–H and O–H groups in total. The molecule has 7 heteroatoms. The first-order valence-electron chi connectivity index (χ1n) is 9.21. The first kappa shape index (κ1) is 20.0. The van der Waals surface area contributed by atoms with Crippen LogP contribution in [0.3, 0.4) is 0 Å². The summed E-state index contributed by atoms with van der Waals surface area (Å²) >= 11 is 1.46. The van der Waals surface area contributed by atoms with Crippen molar-refractivity contribution >= 4 is 28.2 Å². The first-order chi connectivity index (χ1) is 13.3. The number of nitrogens with zero attached hydrogens (tertiary/aromatic N) is 2. The van der Waals surface area contributed by atoms with Gasteiger partial charge in [0.15, 0.2) is 6.61 Å². The Hall–Kier alpha value is -2.72. The van der Waals surface area contributed by atoms with Crippen LogP contribution in [-0.2, 0) is 22.4 Å². The highest BCUT2D eigenvalue weighted by molar-refractivity contribution is 7.16. The molecule has 2 heterocycles. The molecule has 1 aliphatic rings. The molecule has 28 heavy (non-hydrogen) atoms. The number of nitriles is 1. The van der Waals surface area contributed by atoms with Gasteiger partial charge in [-0.05, 0) is 48.3 Å². The van der Waals surface area contributed by atoms with Gasteiger partial charge in [0.2, 0.25) is 0 Å². The monoisotopic (exact) mass is 397 g/mol. The van der Waals surface area contributed by atoms with Crippen LogP contribution < -0.4 is 5.32 Å². The van der Waals surface area contributed by atoms with Crippen LogP contribution in [0.2, 0.25) is 0 Å². The quantitative estimate of drug-likeness (QED) is 0.789. The fourth-order valence-electron chi connectivity index (χ4n) is 3.39. The van der Waals surface area contributed by atoms with E-state index >= 15 is 0 Å². The number of rotatable bonds is 4. The van der Waals surface area contributed by atoms with Gasteiger partial charge >= 0.3 is 5.97 Å². The topological polar surface area (TPSA) is 92.1 Å². The van der Waals surface area contributed by atoms with Crippen LogP contribution in [0.15, 0.2) is 24.5 Å². The summed E-state index contributed by atoms with van der Waals surface area (Å²) in [5.74, 6) is -0.517. The van der Waals surface area contributed by atoms with Gasteiger partial charge in [-0.25, -0.2) is 4.79 Å². The van der Waals surface area contributed by atoms with E-state index in [1.165, 1.54) is 22.4 Å². The van der Waals surface area contributed by atoms with Crippen molar-refractivity contribution in [3.05, 3.63) is 46.1 Å². The van der Waals surface area contributed by atoms with Crippen molar-refractivity contribution < 1.29 is 14.3 Å². The number of aromatic nitrogens is 1. The van der Waals surface area contributed by atoms with Crippen LogP contribution in [0.1, 0.15) is 53.6 Å². The van der Waals surface area contributed by atoms with E-state index in [0.717, 1.165) is 24.8 Å². The predicted molar refractivity (Wildman–Crippen MR) is 107 cm³/mol. The van der Waals surface area contributed by atoms with Crippen molar-refractivity contribution in [3.8, 4) is 6.07 Å². The summed E-state index contributed by atoms with van der Waals surface area (Å²) in [4.78, 5) is 29.2. The summed E-state index contributed by atoms with van der Waals surface area (Å²) in [6.45, 7) is 6.30. The van der Waals surface area contributed by atoms with Gasteiger partial charge in [-0.15, -0.1) is 11.3 Å². The molecule has 2 aromatic heterocycles. The van der Waals surface area contributed by atoms with E-state index in [0.29, 0.717) is 16.5 Å². The Kier molecular flexibility index (Phi) is 5.80. The van der Waals surface area contributed by atoms with Crippen molar-refractivity contribution in [1.82, 2.24) is 4.98 Å². The number of hydrogen-bond donors (Lipinski definition) is 1. The van der Waals surface area contributed by atoms with Gasteiger partial charge in [0.25, 0.3) is 5.91 Å². The normalized spacial score (nSPS) is 16.0. The molecule has 3 rings (SSSR count). The summed E-state index contributed by atoms with van der Waals surface area (Å²) in [5, 5.41) is 12.9. The molecule has 1 amide bonds. The summed E-state index contributed by atoms with van der Waals surface area (Å²) in [5.41, 5.74) is 2.08. The van der Waals surface area contributed by atoms with Crippen molar-refractivity contribution in [2.75, 3.05) is 11.9 Å². The number of esters is 1. The lowest BCUT2D eigenvalue weighted by molar-refractivity contribution is -0.119. The third kappa shape index (κ3) is 4.39. The van der Waals surface area contributed by atoms with E-state index in [1.807, 2.05) is 0 Å². The SMILES string of the molecule is CC(C)(C)[C@H]1CCc2c(sc(NC(=O)COC(=O)c3cccnc3)c2C#N)C1. The molecule has 146 valence electrons. The number of hydrogen-bond acceptors (Lipinski definition) is 6. The minimum Gasteiger partial charge on any atom is -0.452 e. The number of thiophene rings is 1. The molecule has 1 atom stereocenters. The number of fused-ring (bicyclic) bond motifs is 1. The zero-order chi connectivity index (χ0) is 20.3. The number of amides is 1. The second-order valence-electron chi connectivity index (χ2n) is 7.99. The number of pyridine rings is 1. The Balaban J connectivity index is 1.66. The van der Waals surface area contributed by atoms with Crippen LogP contribution in [-0.4, -0.2) is 23.5 Å². The fourth-order valence-corrected chi connectivity index (χ4v) is 4.69. The fraction of sp³-hybridized carbons (Fsp3) is 0.429. The van der Waals surface area contributed by atoms with E-state index < -0.39 is 18.5 Å². The largest absolute Gasteiger partial charge is 0.452 e. The Morgan fingerprint density at radius 3 is 2.86 bits per heavy atom. The second-order valence-corrected chi connectivity index (χ2v) is 9.10. The second kappa shape index (κ2) is 8.11. The zero-order valence-corrected chi connectivity index (χ0v) is 17.1. The van der Waals surface area contributed by atoms with Gasteiger partial charge < -0.3 is 10.1 Å². The summed E-state index contributed by atoms with van der Waals surface area (Å²) in [7, 11) is 0. The van der Waals surface area contributed by atoms with Crippen molar-refractivity contribution in [1.29, 1.82) is 5.26 Å². The molecule has 0 radical (unpaired) electrons. The molecule has 0 bridgehead atoms. The van der Waals surface area contributed by atoms with Crippen LogP contribution in [0.5, 0.6) is 0 Å². The smallest absolute Gasteiger partial charge is 0.340 e. The van der Waals surface area contributed by atoms with Gasteiger partial charge in [-0.3, -0.25) is 9.78 Å². The van der Waals surface area contributed by atoms with Crippen LogP contribution in [0, 0.1) is 22.7 Å². The maximum absolute atomic E-state index is 12.2. The van der Waals surface area contributed by atoms with Gasteiger partial charge in [0, 0.05) is 17.3 Å². The van der Waals surface area contributed by atoms with Gasteiger partial charge in [-0.2, -0.15) is 5.26 Å². The number of anilines is 1. The van der Waals surface area contributed by atoms with Gasteiger partial charge in [0.1, 0.15) is 11.1 Å². The molecule has 0 aromatic carbocycles. The molecule has 0 aliphatic heterocycles. The maximum atomic E-state index is 12.2. The third-order valence-electron chi connectivity index (χ3n) is 5.09. The lowest BCUT2D eigenvalue weighted by Crippen LogP contribution is -2.26. The highest BCUT2D eigenvalue weighted by atomic mass is 32.1. The van der Waals surface area contributed by atoms with Crippen molar-refractivity contribution in [3.63, 3.8) is 0 Å². The van der Waals surface area contributed by atoms with Crippen LogP contribution >= 0.6 is 11.3 Å². The molecule has 2 aromatic rings. The van der Waals surface area contributed by atoms with Crippen molar-refractivity contribution in [2.45, 2.75) is 40.0 Å². The average Bonchev–Trinajstić information content (AvgIpc) is 3.02. The highest BCUT2D eigenvalue weighted by Crippen LogP contribution is 2.43. The molecule has 0 spiro atoms. The standard InChI is InChI=1S/C21H23N3O3S/c1-21(2,3)14-6-7-15-16(10-22)19(28-17(15)9-14)24-18(25)12-27-20(26)13-5-4-8-23-11-13/h4-5,8,11,14H,6-7,9,12H2,1-3H3,(H,24,25)/t14-/m0/s1. The van der Waals surface area contributed by atoms with Crippen LogP contribution in [0.25, 0.3) is 0 Å². The number of carbonyl (C=O) groups excluding carboxylic acids is 2.